The quantitative estimate of drug-likeness (QED) is 0.492. The van der Waals surface area contributed by atoms with E-state index < -0.39 is 0 Å². The average Bonchev–Trinajstić information content (AvgIpc) is 3.02. The minimum atomic E-state index is -0.113. The Labute approximate surface area is 200 Å². The van der Waals surface area contributed by atoms with Gasteiger partial charge in [-0.25, -0.2) is 4.99 Å². The number of amidine groups is 1. The molecule has 32 heavy (non-hydrogen) atoms. The second-order valence-corrected chi connectivity index (χ2v) is 11.1. The number of anilines is 1. The molecule has 2 aromatic rings. The summed E-state index contributed by atoms with van der Waals surface area (Å²) < 4.78 is 0. The molecule has 4 rings (SSSR count). The third kappa shape index (κ3) is 4.46. The molecule has 2 heterocycles. The van der Waals surface area contributed by atoms with Crippen LogP contribution in [0.3, 0.4) is 0 Å². The first kappa shape index (κ1) is 22.9. The zero-order valence-electron chi connectivity index (χ0n) is 19.5. The van der Waals surface area contributed by atoms with Crippen molar-refractivity contribution in [1.29, 1.82) is 0 Å². The molecule has 1 fully saturated rings. The van der Waals surface area contributed by atoms with Crippen molar-refractivity contribution >= 4 is 51.9 Å². The Morgan fingerprint density at radius 1 is 1.25 bits per heavy atom. The van der Waals surface area contributed by atoms with E-state index in [4.69, 9.17) is 11.6 Å². The highest BCUT2D eigenvalue weighted by Gasteiger charge is 2.38. The second kappa shape index (κ2) is 8.60. The fourth-order valence-electron chi connectivity index (χ4n) is 5.00. The lowest BCUT2D eigenvalue weighted by molar-refractivity contribution is -0.115. The van der Waals surface area contributed by atoms with Gasteiger partial charge in [-0.2, -0.15) is 0 Å². The number of benzene rings is 2. The second-order valence-electron chi connectivity index (χ2n) is 9.61. The van der Waals surface area contributed by atoms with Crippen LogP contribution < -0.4 is 10.2 Å². The van der Waals surface area contributed by atoms with Crippen molar-refractivity contribution in [3.8, 4) is 0 Å². The van der Waals surface area contributed by atoms with Crippen LogP contribution in [0.4, 0.5) is 11.4 Å². The predicted molar refractivity (Wildman–Crippen MR) is 138 cm³/mol. The van der Waals surface area contributed by atoms with Crippen LogP contribution in [-0.4, -0.2) is 22.7 Å². The maximum atomic E-state index is 12.6. The van der Waals surface area contributed by atoms with Crippen LogP contribution in [-0.2, 0) is 4.79 Å². The molecule has 168 valence electrons. The van der Waals surface area contributed by atoms with Gasteiger partial charge in [0.2, 0.25) is 0 Å². The highest BCUT2D eigenvalue weighted by Crippen LogP contribution is 2.45. The number of carbonyl (C=O) groups excluding carboxylic acids is 1. The van der Waals surface area contributed by atoms with Gasteiger partial charge in [-0.3, -0.25) is 4.79 Å². The molecule has 1 amide bonds. The predicted octanol–water partition coefficient (Wildman–Crippen LogP) is 7.04. The van der Waals surface area contributed by atoms with Crippen molar-refractivity contribution in [3.05, 3.63) is 63.0 Å². The Kier molecular flexibility index (Phi) is 6.17. The molecule has 6 heteroatoms. The molecule has 0 spiro atoms. The minimum Gasteiger partial charge on any atom is -0.364 e. The van der Waals surface area contributed by atoms with Crippen LogP contribution in [0.15, 0.2) is 46.3 Å². The summed E-state index contributed by atoms with van der Waals surface area (Å²) in [6.07, 6.45) is 3.09. The summed E-state index contributed by atoms with van der Waals surface area (Å²) in [6, 6.07) is 12.2. The number of rotatable bonds is 3. The van der Waals surface area contributed by atoms with E-state index in [1.54, 1.807) is 12.1 Å². The fraction of sp³-hybridized carbons (Fsp3) is 0.385. The van der Waals surface area contributed by atoms with Crippen LogP contribution in [0.1, 0.15) is 63.6 Å². The number of nitrogens with zero attached hydrogens (tertiary/aromatic N) is 2. The van der Waals surface area contributed by atoms with Crippen LogP contribution in [0.5, 0.6) is 0 Å². The lowest BCUT2D eigenvalue weighted by atomic mass is 9.78. The van der Waals surface area contributed by atoms with Gasteiger partial charge in [-0.15, -0.1) is 0 Å². The number of fused-ring (bicyclic) bond motifs is 1. The van der Waals surface area contributed by atoms with Crippen LogP contribution >= 0.6 is 23.4 Å². The van der Waals surface area contributed by atoms with Crippen LogP contribution in [0, 0.1) is 6.92 Å². The molecule has 4 nitrogen and oxygen atoms in total. The van der Waals surface area contributed by atoms with Gasteiger partial charge in [0.1, 0.15) is 0 Å². The molecule has 2 aliphatic rings. The number of hydrogen-bond donors (Lipinski definition) is 1. The normalized spacial score (nSPS) is 22.6. The van der Waals surface area contributed by atoms with E-state index in [0.29, 0.717) is 27.1 Å². The molecule has 1 N–H and O–H groups in total. The van der Waals surface area contributed by atoms with E-state index in [2.05, 4.69) is 68.9 Å². The van der Waals surface area contributed by atoms with E-state index in [1.807, 2.05) is 18.2 Å². The Morgan fingerprint density at radius 3 is 2.59 bits per heavy atom. The first-order chi connectivity index (χ1) is 15.0. The molecule has 1 saturated heterocycles. The lowest BCUT2D eigenvalue weighted by Crippen LogP contribution is -2.51. The van der Waals surface area contributed by atoms with E-state index >= 15 is 0 Å². The summed E-state index contributed by atoms with van der Waals surface area (Å²) in [6.45, 7) is 13.6. The lowest BCUT2D eigenvalue weighted by Gasteiger charge is -2.50. The zero-order valence-corrected chi connectivity index (χ0v) is 21.1. The summed E-state index contributed by atoms with van der Waals surface area (Å²) in [5, 5.41) is 4.12. The van der Waals surface area contributed by atoms with Crippen molar-refractivity contribution in [2.75, 3.05) is 4.90 Å². The first-order valence-corrected chi connectivity index (χ1v) is 12.2. The molecule has 0 unspecified atom stereocenters. The van der Waals surface area contributed by atoms with Gasteiger partial charge in [0, 0.05) is 22.3 Å². The molecular formula is C26H30ClN3OS. The van der Waals surface area contributed by atoms with Gasteiger partial charge in [0.25, 0.3) is 5.91 Å². The largest absolute Gasteiger partial charge is 0.364 e. The van der Waals surface area contributed by atoms with Gasteiger partial charge in [-0.05, 0) is 118 Å². The van der Waals surface area contributed by atoms with Crippen molar-refractivity contribution in [2.24, 2.45) is 4.99 Å². The highest BCUT2D eigenvalue weighted by molar-refractivity contribution is 8.18. The Balaban J connectivity index is 1.67. The Hall–Kier alpha value is -2.24. The van der Waals surface area contributed by atoms with Gasteiger partial charge in [0.15, 0.2) is 5.17 Å². The highest BCUT2D eigenvalue weighted by atomic mass is 35.5. The van der Waals surface area contributed by atoms with Crippen molar-refractivity contribution < 1.29 is 4.79 Å². The Bertz CT molecular complexity index is 1120. The summed E-state index contributed by atoms with van der Waals surface area (Å²) >= 11 is 7.32. The number of nitrogens with one attached hydrogen (secondary N) is 1. The van der Waals surface area contributed by atoms with Crippen molar-refractivity contribution in [1.82, 2.24) is 5.32 Å². The maximum absolute atomic E-state index is 12.6. The number of thioether (sulfide) groups is 1. The molecule has 2 aromatic carbocycles. The zero-order chi connectivity index (χ0) is 23.2. The van der Waals surface area contributed by atoms with Gasteiger partial charge in [0.05, 0.1) is 10.6 Å². The first-order valence-electron chi connectivity index (χ1n) is 11.0. The molecule has 0 bridgehead atoms. The molecule has 0 aromatic heterocycles. The number of amides is 1. The Morgan fingerprint density at radius 2 is 1.94 bits per heavy atom. The van der Waals surface area contributed by atoms with E-state index in [-0.39, 0.29) is 11.4 Å². The third-order valence-corrected chi connectivity index (χ3v) is 7.34. The topological polar surface area (TPSA) is 44.7 Å². The van der Waals surface area contributed by atoms with Gasteiger partial charge < -0.3 is 10.2 Å². The smallest absolute Gasteiger partial charge is 0.264 e. The SMILES string of the molecule is Cc1cc2c(cc1/C=C1\SC(=Nc3ccc(Cl)cc3)NC1=O)[C@@H](C)CC(C)(C)N2C(C)C. The van der Waals surface area contributed by atoms with E-state index in [1.165, 1.54) is 28.6 Å². The van der Waals surface area contributed by atoms with Gasteiger partial charge >= 0.3 is 0 Å². The molecule has 0 radical (unpaired) electrons. The van der Waals surface area contributed by atoms with Crippen molar-refractivity contribution in [3.63, 3.8) is 0 Å². The maximum Gasteiger partial charge on any atom is 0.264 e. The number of carbonyl (C=O) groups is 1. The standard InChI is InChI=1S/C26H30ClN3OS/c1-15(2)30-22-11-16(3)18(12-21(22)17(4)14-26(30,5)6)13-23-24(31)29-25(32-23)28-20-9-7-19(27)8-10-20/h7-13,15,17H,14H2,1-6H3,(H,28,29,31)/b23-13-/t17-/m0/s1. The molecule has 0 saturated carbocycles. The minimum absolute atomic E-state index is 0.112. The molecule has 1 atom stereocenters. The third-order valence-electron chi connectivity index (χ3n) is 6.17. The molecule has 2 aliphatic heterocycles. The number of hydrogen-bond acceptors (Lipinski definition) is 4. The van der Waals surface area contributed by atoms with E-state index in [9.17, 15) is 4.79 Å². The summed E-state index contributed by atoms with van der Waals surface area (Å²) in [4.78, 5) is 20.3. The summed E-state index contributed by atoms with van der Waals surface area (Å²) in [5.41, 5.74) is 5.80. The number of aryl methyl sites for hydroxylation is 1. The summed E-state index contributed by atoms with van der Waals surface area (Å²) in [7, 11) is 0. The van der Waals surface area contributed by atoms with Crippen LogP contribution in [0.2, 0.25) is 5.02 Å². The monoisotopic (exact) mass is 467 g/mol. The molecule has 0 aliphatic carbocycles. The van der Waals surface area contributed by atoms with Crippen molar-refractivity contribution in [2.45, 2.75) is 65.5 Å². The average molecular weight is 468 g/mol. The fourth-order valence-corrected chi connectivity index (χ4v) is 5.96. The van der Waals surface area contributed by atoms with Crippen LogP contribution in [0.25, 0.3) is 6.08 Å². The van der Waals surface area contributed by atoms with Gasteiger partial charge in [-0.1, -0.05) is 18.5 Å². The molecular weight excluding hydrogens is 438 g/mol. The number of aliphatic imine (C=N–C) groups is 1. The van der Waals surface area contributed by atoms with E-state index in [0.717, 1.165) is 17.7 Å². The summed E-state index contributed by atoms with van der Waals surface area (Å²) in [5.74, 6) is 0.345. The number of halogens is 1.